The number of anilines is 2. The Balaban J connectivity index is 1.43. The highest BCUT2D eigenvalue weighted by atomic mass is 32.2. The molecule has 0 atom stereocenters. The van der Waals surface area contributed by atoms with Gasteiger partial charge in [0, 0.05) is 36.4 Å². The molecule has 3 rings (SSSR count). The number of benzene rings is 2. The van der Waals surface area contributed by atoms with E-state index in [2.05, 4.69) is 15.7 Å². The Labute approximate surface area is 162 Å². The lowest BCUT2D eigenvalue weighted by molar-refractivity contribution is -0.114. The van der Waals surface area contributed by atoms with Crippen LogP contribution in [-0.4, -0.2) is 27.3 Å². The maximum atomic E-state index is 12.1. The highest BCUT2D eigenvalue weighted by molar-refractivity contribution is 7.99. The first-order valence-corrected chi connectivity index (χ1v) is 9.60. The fraction of sp³-hybridized carbons (Fsp3) is 0.150. The van der Waals surface area contributed by atoms with Gasteiger partial charge in [-0.25, -0.2) is 4.68 Å². The van der Waals surface area contributed by atoms with Gasteiger partial charge in [-0.15, -0.1) is 11.8 Å². The van der Waals surface area contributed by atoms with E-state index in [-0.39, 0.29) is 11.8 Å². The third kappa shape index (κ3) is 5.72. The Morgan fingerprint density at radius 3 is 2.26 bits per heavy atom. The monoisotopic (exact) mass is 380 g/mol. The molecular formula is C20H20N4O2S. The van der Waals surface area contributed by atoms with Crippen LogP contribution in [0.4, 0.5) is 11.4 Å². The van der Waals surface area contributed by atoms with E-state index in [4.69, 9.17) is 0 Å². The molecule has 0 bridgehead atoms. The SMILES string of the molecule is CC(=O)Nc1ccc(NC(=O)CSCc2ccc(-n3cccn3)cc2)cc1. The molecule has 1 heterocycles. The first kappa shape index (κ1) is 18.7. The summed E-state index contributed by atoms with van der Waals surface area (Å²) in [4.78, 5) is 23.1. The molecule has 27 heavy (non-hydrogen) atoms. The lowest BCUT2D eigenvalue weighted by atomic mass is 10.2. The quantitative estimate of drug-likeness (QED) is 0.655. The van der Waals surface area contributed by atoms with E-state index in [0.717, 1.165) is 17.0 Å². The molecule has 0 fully saturated rings. The van der Waals surface area contributed by atoms with Gasteiger partial charge in [-0.2, -0.15) is 5.10 Å². The van der Waals surface area contributed by atoms with Crippen molar-refractivity contribution in [3.63, 3.8) is 0 Å². The Morgan fingerprint density at radius 2 is 1.67 bits per heavy atom. The van der Waals surface area contributed by atoms with Crippen LogP contribution in [0, 0.1) is 0 Å². The average Bonchev–Trinajstić information content (AvgIpc) is 3.18. The van der Waals surface area contributed by atoms with Gasteiger partial charge in [-0.3, -0.25) is 9.59 Å². The minimum absolute atomic E-state index is 0.0551. The standard InChI is InChI=1S/C20H20N4O2S/c1-15(25)22-17-5-7-18(8-6-17)23-20(26)14-27-13-16-3-9-19(10-4-16)24-12-2-11-21-24/h2-12H,13-14H2,1H3,(H,22,25)(H,23,26). The van der Waals surface area contributed by atoms with Crippen LogP contribution in [0.3, 0.4) is 0 Å². The number of nitrogens with one attached hydrogen (secondary N) is 2. The number of hydrogen-bond acceptors (Lipinski definition) is 4. The largest absolute Gasteiger partial charge is 0.326 e. The number of hydrogen-bond donors (Lipinski definition) is 2. The van der Waals surface area contributed by atoms with Crippen molar-refractivity contribution in [2.75, 3.05) is 16.4 Å². The Hall–Kier alpha value is -3.06. The highest BCUT2D eigenvalue weighted by Gasteiger charge is 2.04. The molecule has 0 spiro atoms. The summed E-state index contributed by atoms with van der Waals surface area (Å²) >= 11 is 1.56. The first-order valence-electron chi connectivity index (χ1n) is 8.44. The van der Waals surface area contributed by atoms with Crippen LogP contribution >= 0.6 is 11.8 Å². The topological polar surface area (TPSA) is 76.0 Å². The van der Waals surface area contributed by atoms with Gasteiger partial charge in [0.05, 0.1) is 11.4 Å². The molecule has 2 amide bonds. The third-order valence-corrected chi connectivity index (χ3v) is 4.70. The smallest absolute Gasteiger partial charge is 0.234 e. The van der Waals surface area contributed by atoms with Gasteiger partial charge in [0.1, 0.15) is 0 Å². The van der Waals surface area contributed by atoms with Crippen molar-refractivity contribution in [1.29, 1.82) is 0 Å². The molecule has 7 heteroatoms. The second-order valence-corrected chi connectivity index (χ2v) is 6.90. The number of amides is 2. The van der Waals surface area contributed by atoms with Crippen molar-refractivity contribution in [3.05, 3.63) is 72.6 Å². The zero-order valence-electron chi connectivity index (χ0n) is 14.9. The fourth-order valence-electron chi connectivity index (χ4n) is 2.47. The molecule has 138 valence electrons. The summed E-state index contributed by atoms with van der Waals surface area (Å²) in [5.74, 6) is 0.948. The zero-order valence-corrected chi connectivity index (χ0v) is 15.7. The van der Waals surface area contributed by atoms with Crippen LogP contribution in [0.15, 0.2) is 67.0 Å². The van der Waals surface area contributed by atoms with Gasteiger partial charge >= 0.3 is 0 Å². The molecule has 0 unspecified atom stereocenters. The van der Waals surface area contributed by atoms with Crippen LogP contribution in [0.2, 0.25) is 0 Å². The normalized spacial score (nSPS) is 10.4. The minimum atomic E-state index is -0.124. The van der Waals surface area contributed by atoms with Gasteiger partial charge in [0.15, 0.2) is 0 Å². The van der Waals surface area contributed by atoms with Gasteiger partial charge in [0.2, 0.25) is 11.8 Å². The van der Waals surface area contributed by atoms with E-state index in [0.29, 0.717) is 17.1 Å². The first-order chi connectivity index (χ1) is 13.1. The summed E-state index contributed by atoms with van der Waals surface area (Å²) in [5.41, 5.74) is 3.57. The number of nitrogens with zero attached hydrogens (tertiary/aromatic N) is 2. The van der Waals surface area contributed by atoms with Crippen molar-refractivity contribution in [2.45, 2.75) is 12.7 Å². The molecule has 0 aliphatic rings. The van der Waals surface area contributed by atoms with E-state index in [1.54, 1.807) is 42.2 Å². The molecular weight excluding hydrogens is 360 g/mol. The van der Waals surface area contributed by atoms with Gasteiger partial charge < -0.3 is 10.6 Å². The molecule has 0 radical (unpaired) electrons. The van der Waals surface area contributed by atoms with Crippen LogP contribution in [-0.2, 0) is 15.3 Å². The zero-order chi connectivity index (χ0) is 19.1. The lowest BCUT2D eigenvalue weighted by Crippen LogP contribution is -2.14. The number of carbonyl (C=O) groups is 2. The molecule has 2 aromatic carbocycles. The van der Waals surface area contributed by atoms with Crippen LogP contribution in [0.1, 0.15) is 12.5 Å². The fourth-order valence-corrected chi connectivity index (χ4v) is 3.25. The van der Waals surface area contributed by atoms with E-state index >= 15 is 0 Å². The van der Waals surface area contributed by atoms with Gasteiger partial charge in [-0.1, -0.05) is 12.1 Å². The summed E-state index contributed by atoms with van der Waals surface area (Å²) in [7, 11) is 0. The summed E-state index contributed by atoms with van der Waals surface area (Å²) in [6.07, 6.45) is 3.65. The van der Waals surface area contributed by atoms with Crippen LogP contribution in [0.5, 0.6) is 0 Å². The molecule has 0 saturated heterocycles. The number of thioether (sulfide) groups is 1. The van der Waals surface area contributed by atoms with Crippen molar-refractivity contribution in [1.82, 2.24) is 9.78 Å². The summed E-state index contributed by atoms with van der Waals surface area (Å²) in [5, 5.41) is 9.74. The van der Waals surface area contributed by atoms with E-state index in [1.807, 2.05) is 41.2 Å². The molecule has 3 aromatic rings. The minimum Gasteiger partial charge on any atom is -0.326 e. The van der Waals surface area contributed by atoms with E-state index in [1.165, 1.54) is 6.92 Å². The van der Waals surface area contributed by atoms with Crippen molar-refractivity contribution >= 4 is 35.0 Å². The van der Waals surface area contributed by atoms with E-state index in [9.17, 15) is 9.59 Å². The number of rotatable bonds is 7. The molecule has 6 nitrogen and oxygen atoms in total. The number of aromatic nitrogens is 2. The summed E-state index contributed by atoms with van der Waals surface area (Å²) in [6, 6.07) is 17.0. The maximum Gasteiger partial charge on any atom is 0.234 e. The molecule has 0 saturated carbocycles. The summed E-state index contributed by atoms with van der Waals surface area (Å²) in [6.45, 7) is 1.46. The van der Waals surface area contributed by atoms with Crippen LogP contribution in [0.25, 0.3) is 5.69 Å². The summed E-state index contributed by atoms with van der Waals surface area (Å²) < 4.78 is 1.81. The van der Waals surface area contributed by atoms with Crippen molar-refractivity contribution in [3.8, 4) is 5.69 Å². The Bertz CT molecular complexity index is 891. The predicted octanol–water partition coefficient (Wildman–Crippen LogP) is 3.70. The van der Waals surface area contributed by atoms with Gasteiger partial charge in [0.25, 0.3) is 0 Å². The molecule has 2 N–H and O–H groups in total. The Kier molecular flexibility index (Phi) is 6.27. The van der Waals surface area contributed by atoms with Crippen molar-refractivity contribution in [2.24, 2.45) is 0 Å². The van der Waals surface area contributed by atoms with Gasteiger partial charge in [-0.05, 0) is 48.0 Å². The van der Waals surface area contributed by atoms with Crippen LogP contribution < -0.4 is 10.6 Å². The second kappa shape index (κ2) is 9.05. The number of carbonyl (C=O) groups excluding carboxylic acids is 2. The van der Waals surface area contributed by atoms with Crippen molar-refractivity contribution < 1.29 is 9.59 Å². The molecule has 0 aliphatic heterocycles. The van der Waals surface area contributed by atoms with E-state index < -0.39 is 0 Å². The predicted molar refractivity (Wildman–Crippen MR) is 109 cm³/mol. The second-order valence-electron chi connectivity index (χ2n) is 5.92. The average molecular weight is 380 g/mol. The maximum absolute atomic E-state index is 12.1. The molecule has 0 aliphatic carbocycles. The molecule has 1 aromatic heterocycles. The third-order valence-electron chi connectivity index (χ3n) is 3.70. The Morgan fingerprint density at radius 1 is 1.00 bits per heavy atom. The highest BCUT2D eigenvalue weighted by Crippen LogP contribution is 2.17. The lowest BCUT2D eigenvalue weighted by Gasteiger charge is -2.07.